The Morgan fingerprint density at radius 2 is 1.60 bits per heavy atom. The summed E-state index contributed by atoms with van der Waals surface area (Å²) in [7, 11) is 0. The topological polar surface area (TPSA) is 99.6 Å². The molecule has 0 fully saturated rings. The zero-order valence-electron chi connectivity index (χ0n) is 23.2. The molecule has 0 spiro atoms. The molecule has 0 radical (unpaired) electrons. The number of nitrogens with two attached hydrogens (primary N) is 1. The lowest BCUT2D eigenvalue weighted by atomic mass is 9.97. The van der Waals surface area contributed by atoms with E-state index < -0.39 is 0 Å². The van der Waals surface area contributed by atoms with Crippen molar-refractivity contribution in [2.45, 2.75) is 13.3 Å². The van der Waals surface area contributed by atoms with Gasteiger partial charge in [-0.3, -0.25) is 0 Å². The van der Waals surface area contributed by atoms with Crippen molar-refractivity contribution in [2.24, 2.45) is 5.73 Å². The second kappa shape index (κ2) is 12.5. The van der Waals surface area contributed by atoms with Gasteiger partial charge in [-0.15, -0.1) is 0 Å². The van der Waals surface area contributed by atoms with Crippen LogP contribution in [-0.2, 0) is 0 Å². The van der Waals surface area contributed by atoms with Gasteiger partial charge in [0.25, 0.3) is 0 Å². The molecular formula is C37H28N4O. The van der Waals surface area contributed by atoms with Gasteiger partial charge in [0, 0.05) is 17.1 Å². The maximum atomic E-state index is 9.24. The molecule has 5 heteroatoms. The van der Waals surface area contributed by atoms with Gasteiger partial charge in [-0.1, -0.05) is 67.3 Å². The monoisotopic (exact) mass is 544 g/mol. The zero-order chi connectivity index (χ0) is 29.5. The van der Waals surface area contributed by atoms with Gasteiger partial charge < -0.3 is 10.2 Å². The Bertz CT molecular complexity index is 1980. The molecule has 2 heterocycles. The van der Waals surface area contributed by atoms with E-state index in [2.05, 4.69) is 67.0 Å². The fourth-order valence-corrected chi connectivity index (χ4v) is 4.93. The van der Waals surface area contributed by atoms with Crippen molar-refractivity contribution in [3.63, 3.8) is 0 Å². The highest BCUT2D eigenvalue weighted by atomic mass is 16.3. The average Bonchev–Trinajstić information content (AvgIpc) is 3.35. The summed E-state index contributed by atoms with van der Waals surface area (Å²) >= 11 is 0. The van der Waals surface area contributed by atoms with Gasteiger partial charge in [0.2, 0.25) is 0 Å². The third kappa shape index (κ3) is 5.82. The highest BCUT2D eigenvalue weighted by Gasteiger charge is 2.12. The van der Waals surface area contributed by atoms with Crippen LogP contribution in [0.25, 0.3) is 50.4 Å². The van der Waals surface area contributed by atoms with Gasteiger partial charge in [-0.05, 0) is 100 Å². The minimum atomic E-state index is 0.306. The van der Waals surface area contributed by atoms with Crippen molar-refractivity contribution in [1.82, 2.24) is 4.98 Å². The summed E-state index contributed by atoms with van der Waals surface area (Å²) in [4.78, 5) is 4.08. The van der Waals surface area contributed by atoms with E-state index in [9.17, 15) is 5.26 Å². The van der Waals surface area contributed by atoms with E-state index in [1.807, 2.05) is 60.7 Å². The molecule has 0 aliphatic carbocycles. The minimum absolute atomic E-state index is 0.306. The Morgan fingerprint density at radius 3 is 2.26 bits per heavy atom. The van der Waals surface area contributed by atoms with Crippen molar-refractivity contribution < 1.29 is 4.42 Å². The number of aromatic nitrogens is 1. The fraction of sp³-hybridized carbons (Fsp3) is 0.0541. The van der Waals surface area contributed by atoms with Crippen LogP contribution in [0, 0.1) is 29.6 Å². The van der Waals surface area contributed by atoms with E-state index >= 15 is 0 Å². The number of nitriles is 2. The quantitative estimate of drug-likeness (QED) is 0.197. The summed E-state index contributed by atoms with van der Waals surface area (Å²) in [6.07, 6.45) is 11.0. The number of hydrogen-bond acceptors (Lipinski definition) is 5. The Hall–Kier alpha value is -5.91. The number of fused-ring (bicyclic) bond motifs is 1. The lowest BCUT2D eigenvalue weighted by Crippen LogP contribution is -1.87. The second-order valence-electron chi connectivity index (χ2n) is 9.69. The number of aryl methyl sites for hydroxylation is 1. The van der Waals surface area contributed by atoms with Crippen LogP contribution in [0.4, 0.5) is 0 Å². The minimum Gasteiger partial charge on any atom is -0.456 e. The van der Waals surface area contributed by atoms with Gasteiger partial charge in [-0.25, -0.2) is 4.98 Å². The molecular weight excluding hydrogens is 516 g/mol. The highest BCUT2D eigenvalue weighted by Crippen LogP contribution is 2.34. The SMILES string of the molecule is C=C/C(=C\c1oc2cc(-c3cccc(C(/C=C\N)=C/CC#N)c3)ccc2c1C)c1cccc(-c2ccnc(C#N)c2)c1. The van der Waals surface area contributed by atoms with Crippen molar-refractivity contribution in [2.75, 3.05) is 0 Å². The molecule has 0 amide bonds. The average molecular weight is 545 g/mol. The van der Waals surface area contributed by atoms with Crippen molar-refractivity contribution in [3.05, 3.63) is 144 Å². The third-order valence-corrected chi connectivity index (χ3v) is 7.10. The van der Waals surface area contributed by atoms with Crippen LogP contribution >= 0.6 is 0 Å². The lowest BCUT2D eigenvalue weighted by molar-refractivity contribution is 0.601. The molecule has 42 heavy (non-hydrogen) atoms. The molecule has 0 bridgehead atoms. The van der Waals surface area contributed by atoms with E-state index in [1.54, 1.807) is 12.3 Å². The van der Waals surface area contributed by atoms with Crippen LogP contribution in [0.5, 0.6) is 0 Å². The predicted octanol–water partition coefficient (Wildman–Crippen LogP) is 8.84. The molecule has 5 nitrogen and oxygen atoms in total. The van der Waals surface area contributed by atoms with E-state index in [1.165, 1.54) is 6.20 Å². The van der Waals surface area contributed by atoms with E-state index in [0.29, 0.717) is 12.1 Å². The van der Waals surface area contributed by atoms with Crippen LogP contribution in [0.2, 0.25) is 0 Å². The molecule has 2 N–H and O–H groups in total. The number of hydrogen-bond donors (Lipinski definition) is 1. The second-order valence-corrected chi connectivity index (χ2v) is 9.69. The first-order chi connectivity index (χ1) is 20.5. The molecule has 0 saturated carbocycles. The summed E-state index contributed by atoms with van der Waals surface area (Å²) in [5, 5.41) is 19.3. The first-order valence-corrected chi connectivity index (χ1v) is 13.4. The van der Waals surface area contributed by atoms with E-state index in [4.69, 9.17) is 15.4 Å². The Kier molecular flexibility index (Phi) is 8.24. The molecule has 0 unspecified atom stereocenters. The predicted molar refractivity (Wildman–Crippen MR) is 170 cm³/mol. The van der Waals surface area contributed by atoms with Crippen LogP contribution in [0.1, 0.15) is 34.6 Å². The largest absolute Gasteiger partial charge is 0.456 e. The Balaban J connectivity index is 1.50. The smallest absolute Gasteiger partial charge is 0.141 e. The number of rotatable bonds is 8. The molecule has 0 aliphatic heterocycles. The molecule has 5 rings (SSSR count). The van der Waals surface area contributed by atoms with Crippen LogP contribution < -0.4 is 5.73 Å². The highest BCUT2D eigenvalue weighted by molar-refractivity contribution is 5.93. The summed E-state index contributed by atoms with van der Waals surface area (Å²) < 4.78 is 6.39. The van der Waals surface area contributed by atoms with Gasteiger partial charge in [0.1, 0.15) is 23.1 Å². The van der Waals surface area contributed by atoms with Crippen LogP contribution in [0.3, 0.4) is 0 Å². The summed E-state index contributed by atoms with van der Waals surface area (Å²) in [5.74, 6) is 0.765. The van der Waals surface area contributed by atoms with E-state index in [-0.39, 0.29) is 0 Å². The van der Waals surface area contributed by atoms with Crippen LogP contribution in [-0.4, -0.2) is 4.98 Å². The standard InChI is InChI=1S/C37H28N4O/c1-3-26(28-7-4-10-31(19-28)33-15-18-41-34(21-33)24-40)22-36-25(2)35-13-12-32(23-37(35)42-36)30-9-5-8-29(20-30)27(14-17-39)11-6-16-38/h3-5,7-15,17-23H,1,6,39H2,2H3/b17-14-,26-22+,27-11+. The van der Waals surface area contributed by atoms with E-state index in [0.717, 1.165) is 66.8 Å². The van der Waals surface area contributed by atoms with Gasteiger partial charge in [0.05, 0.1) is 12.5 Å². The first-order valence-electron chi connectivity index (χ1n) is 13.4. The molecule has 0 aliphatic rings. The van der Waals surface area contributed by atoms with Crippen molar-refractivity contribution in [1.29, 1.82) is 10.5 Å². The number of allylic oxidation sites excluding steroid dienone is 5. The number of benzene rings is 3. The maximum absolute atomic E-state index is 9.24. The molecule has 202 valence electrons. The fourth-order valence-electron chi connectivity index (χ4n) is 4.93. The summed E-state index contributed by atoms with van der Waals surface area (Å²) in [6, 6.07) is 30.4. The first kappa shape index (κ1) is 27.6. The van der Waals surface area contributed by atoms with Gasteiger partial charge in [-0.2, -0.15) is 10.5 Å². The Morgan fingerprint density at radius 1 is 0.905 bits per heavy atom. The molecule has 0 atom stereocenters. The number of pyridine rings is 1. The summed E-state index contributed by atoms with van der Waals surface area (Å²) in [5.41, 5.74) is 15.6. The summed E-state index contributed by atoms with van der Waals surface area (Å²) in [6.45, 7) is 6.11. The molecule has 3 aromatic carbocycles. The molecule has 0 saturated heterocycles. The number of furan rings is 1. The zero-order valence-corrected chi connectivity index (χ0v) is 23.2. The molecule has 5 aromatic rings. The molecule has 2 aromatic heterocycles. The Labute approximate surface area is 245 Å². The third-order valence-electron chi connectivity index (χ3n) is 7.10. The number of nitrogens with zero attached hydrogens (tertiary/aromatic N) is 3. The maximum Gasteiger partial charge on any atom is 0.141 e. The lowest BCUT2D eigenvalue weighted by Gasteiger charge is -2.07. The van der Waals surface area contributed by atoms with Gasteiger partial charge >= 0.3 is 0 Å². The van der Waals surface area contributed by atoms with Crippen LogP contribution in [0.15, 0.2) is 120 Å². The normalized spacial score (nSPS) is 11.9. The van der Waals surface area contributed by atoms with Crippen molar-refractivity contribution in [3.8, 4) is 34.4 Å². The van der Waals surface area contributed by atoms with Crippen molar-refractivity contribution >= 4 is 28.2 Å². The van der Waals surface area contributed by atoms with Gasteiger partial charge in [0.15, 0.2) is 0 Å².